The summed E-state index contributed by atoms with van der Waals surface area (Å²) in [4.78, 5) is 144. The third-order valence-electron chi connectivity index (χ3n) is 8.51. The molecule has 0 aromatic heterocycles. The second-order valence-electron chi connectivity index (χ2n) is 23.1. The third kappa shape index (κ3) is 32.8. The smallest absolute Gasteiger partial charge is 0.408 e. The molecule has 0 saturated heterocycles. The first-order chi connectivity index (χ1) is 32.3. The maximum absolute atomic E-state index is 13.5. The summed E-state index contributed by atoms with van der Waals surface area (Å²) < 4.78 is 32.4. The van der Waals surface area contributed by atoms with Crippen LogP contribution in [-0.2, 0) is 76.4 Å². The number of carbonyl (C=O) groups is 11. The van der Waals surface area contributed by atoms with Gasteiger partial charge in [0.25, 0.3) is 0 Å². The van der Waals surface area contributed by atoms with Crippen LogP contribution in [0.25, 0.3) is 0 Å². The van der Waals surface area contributed by atoms with E-state index in [1.54, 1.807) is 125 Å². The van der Waals surface area contributed by atoms with E-state index in [-0.39, 0.29) is 25.7 Å². The van der Waals surface area contributed by atoms with Gasteiger partial charge >= 0.3 is 41.9 Å². The highest BCUT2D eigenvalue weighted by Gasteiger charge is 2.35. The molecule has 0 bridgehead atoms. The standard InChI is InChI=1S/C49H83N5O18/c1-44(2,3)67-37(60)26-22-30(41(64)70-47(10,11)12)52-34(56)24-20-28(39(62)68-45(4,5)6)50-33(55)23-19-29(40(63)69-46(7,8)9)51-35(57)25-21-31(42(65)71-48(13,14)15)53-38(61)32(27-36(58)59)54-43(66)72-49(16,17)18/h28-32H,19-27H2,1-18H3,(H,50,55)(H,51,57)(H,52,56)(H,53,61)(H,54,66)(H,58,59)/t28?,29-,30-,31?,32-/m0/s1. The molecular formula is C49H83N5O18. The van der Waals surface area contributed by atoms with Crippen LogP contribution in [0.1, 0.15) is 182 Å². The van der Waals surface area contributed by atoms with Crippen molar-refractivity contribution in [2.24, 2.45) is 0 Å². The van der Waals surface area contributed by atoms with Gasteiger partial charge in [0.15, 0.2) is 0 Å². The largest absolute Gasteiger partial charge is 0.481 e. The Hall–Kier alpha value is -6.03. The van der Waals surface area contributed by atoms with Crippen LogP contribution in [0.3, 0.4) is 0 Å². The van der Waals surface area contributed by atoms with E-state index >= 15 is 0 Å². The number of hydrogen-bond donors (Lipinski definition) is 6. The molecule has 0 saturated carbocycles. The molecule has 0 aliphatic carbocycles. The summed E-state index contributed by atoms with van der Waals surface area (Å²) in [5.74, 6) is -9.24. The van der Waals surface area contributed by atoms with Crippen molar-refractivity contribution in [2.75, 3.05) is 0 Å². The van der Waals surface area contributed by atoms with Crippen LogP contribution in [0.15, 0.2) is 0 Å². The molecule has 0 spiro atoms. The average molecular weight is 1030 g/mol. The fourth-order valence-electron chi connectivity index (χ4n) is 5.87. The summed E-state index contributed by atoms with van der Waals surface area (Å²) in [6.45, 7) is 28.7. The summed E-state index contributed by atoms with van der Waals surface area (Å²) in [6, 6.07) is -7.47. The van der Waals surface area contributed by atoms with Gasteiger partial charge in [0.2, 0.25) is 23.6 Å². The molecule has 5 atom stereocenters. The number of esters is 5. The molecule has 72 heavy (non-hydrogen) atoms. The van der Waals surface area contributed by atoms with Gasteiger partial charge in [-0.15, -0.1) is 0 Å². The average Bonchev–Trinajstić information content (AvgIpc) is 3.13. The lowest BCUT2D eigenvalue weighted by atomic mass is 10.1. The Morgan fingerprint density at radius 2 is 0.611 bits per heavy atom. The van der Waals surface area contributed by atoms with Crippen molar-refractivity contribution in [3.05, 3.63) is 0 Å². The summed E-state index contributed by atoms with van der Waals surface area (Å²) in [5, 5.41) is 21.5. The molecule has 23 nitrogen and oxygen atoms in total. The van der Waals surface area contributed by atoms with Crippen molar-refractivity contribution in [2.45, 2.75) is 246 Å². The summed E-state index contributed by atoms with van der Waals surface area (Å²) >= 11 is 0. The number of rotatable bonds is 24. The minimum Gasteiger partial charge on any atom is -0.481 e. The number of carbonyl (C=O) groups excluding carboxylic acids is 10. The Morgan fingerprint density at radius 1 is 0.347 bits per heavy atom. The quantitative estimate of drug-likeness (QED) is 0.0585. The highest BCUT2D eigenvalue weighted by Crippen LogP contribution is 2.18. The van der Waals surface area contributed by atoms with Gasteiger partial charge in [-0.2, -0.15) is 0 Å². The van der Waals surface area contributed by atoms with Crippen molar-refractivity contribution < 1.29 is 86.3 Å². The van der Waals surface area contributed by atoms with Crippen LogP contribution in [0.2, 0.25) is 0 Å². The maximum atomic E-state index is 13.5. The number of carboxylic acid groups (broad SMARTS) is 1. The number of alkyl carbamates (subject to hydrolysis) is 1. The molecule has 0 fully saturated rings. The van der Waals surface area contributed by atoms with Gasteiger partial charge in [-0.05, 0) is 150 Å². The van der Waals surface area contributed by atoms with Crippen LogP contribution in [0, 0.1) is 0 Å². The predicted octanol–water partition coefficient (Wildman–Crippen LogP) is 4.12. The molecule has 6 N–H and O–H groups in total. The molecule has 412 valence electrons. The van der Waals surface area contributed by atoms with E-state index in [0.29, 0.717) is 0 Å². The third-order valence-corrected chi connectivity index (χ3v) is 8.51. The van der Waals surface area contributed by atoms with Gasteiger partial charge in [-0.25, -0.2) is 24.0 Å². The Balaban J connectivity index is 6.38. The summed E-state index contributed by atoms with van der Waals surface area (Å²) in [6.07, 6.45) is -5.03. The van der Waals surface area contributed by atoms with Crippen molar-refractivity contribution in [1.82, 2.24) is 26.6 Å². The van der Waals surface area contributed by atoms with Gasteiger partial charge in [0.1, 0.15) is 63.8 Å². The SMILES string of the molecule is CC(C)(C)OC(=O)CC[C@H](NC(=O)CCC(NC(=O)CC[C@H](NC(=O)CCC(NC(=O)[C@H](CC(=O)O)NC(=O)OC(C)(C)C)C(=O)OC(C)(C)C)C(=O)OC(C)(C)C)C(=O)OC(C)(C)C)C(=O)OC(C)(C)C. The Morgan fingerprint density at radius 3 is 0.875 bits per heavy atom. The number of nitrogens with one attached hydrogen (secondary N) is 5. The Labute approximate surface area is 423 Å². The normalized spacial score (nSPS) is 14.3. The van der Waals surface area contributed by atoms with E-state index in [9.17, 15) is 57.8 Å². The molecule has 0 rings (SSSR count). The first-order valence-electron chi connectivity index (χ1n) is 23.9. The maximum Gasteiger partial charge on any atom is 0.408 e. The van der Waals surface area contributed by atoms with Gasteiger partial charge < -0.3 is 60.1 Å². The number of aliphatic carboxylic acids is 1. The lowest BCUT2D eigenvalue weighted by Crippen LogP contribution is -2.54. The summed E-state index contributed by atoms with van der Waals surface area (Å²) in [5.41, 5.74) is -5.91. The monoisotopic (exact) mass is 1030 g/mol. The van der Waals surface area contributed by atoms with Crippen molar-refractivity contribution in [3.8, 4) is 0 Å². The molecule has 0 aliphatic heterocycles. The van der Waals surface area contributed by atoms with Crippen LogP contribution >= 0.6 is 0 Å². The van der Waals surface area contributed by atoms with E-state index in [1.807, 2.05) is 0 Å². The first kappa shape index (κ1) is 66.0. The molecule has 0 aliphatic rings. The lowest BCUT2D eigenvalue weighted by molar-refractivity contribution is -0.161. The Bertz CT molecular complexity index is 1930. The van der Waals surface area contributed by atoms with E-state index in [4.69, 9.17) is 28.4 Å². The molecule has 2 unspecified atom stereocenters. The van der Waals surface area contributed by atoms with Crippen LogP contribution in [0.5, 0.6) is 0 Å². The topological polar surface area (TPSA) is 324 Å². The number of hydrogen-bond acceptors (Lipinski definition) is 17. The van der Waals surface area contributed by atoms with Crippen LogP contribution in [0.4, 0.5) is 4.79 Å². The Kier molecular flexibility index (Phi) is 25.4. The molecule has 0 radical (unpaired) electrons. The number of ether oxygens (including phenoxy) is 6. The molecule has 0 aromatic rings. The first-order valence-corrected chi connectivity index (χ1v) is 23.9. The zero-order valence-corrected chi connectivity index (χ0v) is 45.6. The van der Waals surface area contributed by atoms with Gasteiger partial charge in [0, 0.05) is 25.7 Å². The predicted molar refractivity (Wildman–Crippen MR) is 259 cm³/mol. The van der Waals surface area contributed by atoms with Gasteiger partial charge in [-0.1, -0.05) is 0 Å². The lowest BCUT2D eigenvalue weighted by Gasteiger charge is -2.27. The highest BCUT2D eigenvalue weighted by atomic mass is 16.6. The molecular weight excluding hydrogens is 947 g/mol. The fourth-order valence-corrected chi connectivity index (χ4v) is 5.87. The van der Waals surface area contributed by atoms with Gasteiger partial charge in [0.05, 0.1) is 6.42 Å². The second-order valence-corrected chi connectivity index (χ2v) is 23.1. The minimum atomic E-state index is -1.72. The highest BCUT2D eigenvalue weighted by molar-refractivity contribution is 5.93. The van der Waals surface area contributed by atoms with Crippen molar-refractivity contribution in [1.29, 1.82) is 0 Å². The zero-order valence-electron chi connectivity index (χ0n) is 45.6. The minimum absolute atomic E-state index is 0.165. The van der Waals surface area contributed by atoms with Crippen LogP contribution in [-0.4, -0.2) is 134 Å². The summed E-state index contributed by atoms with van der Waals surface area (Å²) in [7, 11) is 0. The van der Waals surface area contributed by atoms with E-state index in [2.05, 4.69) is 26.6 Å². The fraction of sp³-hybridized carbons (Fsp3) is 0.776. The zero-order chi connectivity index (χ0) is 56.4. The van der Waals surface area contributed by atoms with E-state index < -0.39 is 161 Å². The number of amides is 5. The molecule has 23 heteroatoms. The van der Waals surface area contributed by atoms with Crippen molar-refractivity contribution in [3.63, 3.8) is 0 Å². The van der Waals surface area contributed by atoms with Crippen molar-refractivity contribution >= 4 is 65.5 Å². The van der Waals surface area contributed by atoms with Crippen LogP contribution < -0.4 is 26.6 Å². The van der Waals surface area contributed by atoms with E-state index in [1.165, 1.54) is 0 Å². The molecule has 5 amide bonds. The number of carboxylic acids is 1. The van der Waals surface area contributed by atoms with Gasteiger partial charge in [-0.3, -0.25) is 28.8 Å². The molecule has 0 heterocycles. The second kappa shape index (κ2) is 27.7. The van der Waals surface area contributed by atoms with E-state index in [0.717, 1.165) is 0 Å². The molecule has 0 aromatic carbocycles.